The molecule has 0 bridgehead atoms. The zero-order chi connectivity index (χ0) is 19.3. The molecular formula is C22H20ClN3O2. The molecule has 1 saturated heterocycles. The van der Waals surface area contributed by atoms with Gasteiger partial charge in [-0.3, -0.25) is 9.59 Å². The van der Waals surface area contributed by atoms with Gasteiger partial charge in [0.2, 0.25) is 5.43 Å². The van der Waals surface area contributed by atoms with Crippen LogP contribution in [0.1, 0.15) is 15.9 Å². The van der Waals surface area contributed by atoms with Crippen LogP contribution in [0.2, 0.25) is 5.02 Å². The number of piperazine rings is 1. The maximum absolute atomic E-state index is 13.1. The van der Waals surface area contributed by atoms with E-state index < -0.39 is 0 Å². The van der Waals surface area contributed by atoms with Crippen molar-refractivity contribution in [1.29, 1.82) is 0 Å². The molecule has 28 heavy (non-hydrogen) atoms. The van der Waals surface area contributed by atoms with Gasteiger partial charge >= 0.3 is 0 Å². The maximum atomic E-state index is 13.1. The van der Waals surface area contributed by atoms with E-state index in [2.05, 4.69) is 15.5 Å². The first-order valence-electron chi connectivity index (χ1n) is 9.57. The summed E-state index contributed by atoms with van der Waals surface area (Å²) in [5, 5.41) is 1.37. The van der Waals surface area contributed by atoms with E-state index in [4.69, 9.17) is 11.6 Å². The summed E-state index contributed by atoms with van der Waals surface area (Å²) in [4.78, 5) is 30.1. The van der Waals surface area contributed by atoms with Crippen LogP contribution in [0, 0.1) is 0 Å². The van der Waals surface area contributed by atoms with E-state index in [9.17, 15) is 9.59 Å². The van der Waals surface area contributed by atoms with Crippen molar-refractivity contribution in [1.82, 2.24) is 9.47 Å². The van der Waals surface area contributed by atoms with Gasteiger partial charge in [-0.2, -0.15) is 0 Å². The fraction of sp³-hybridized carbons (Fsp3) is 0.273. The van der Waals surface area contributed by atoms with Crippen LogP contribution in [0.4, 0.5) is 5.69 Å². The average Bonchev–Trinajstić information content (AvgIpc) is 3.15. The lowest BCUT2D eigenvalue weighted by molar-refractivity contribution is 0.0745. The number of benzene rings is 2. The summed E-state index contributed by atoms with van der Waals surface area (Å²) < 4.78 is 2.06. The summed E-state index contributed by atoms with van der Waals surface area (Å²) in [7, 11) is 0. The maximum Gasteiger partial charge on any atom is 0.259 e. The Hall–Kier alpha value is -2.79. The minimum absolute atomic E-state index is 0.153. The third kappa shape index (κ3) is 2.78. The van der Waals surface area contributed by atoms with Gasteiger partial charge in [0.1, 0.15) is 5.56 Å². The normalized spacial score (nSPS) is 16.0. The predicted molar refractivity (Wildman–Crippen MR) is 111 cm³/mol. The second-order valence-electron chi connectivity index (χ2n) is 7.38. The van der Waals surface area contributed by atoms with E-state index in [-0.39, 0.29) is 16.9 Å². The molecule has 1 fully saturated rings. The van der Waals surface area contributed by atoms with Crippen molar-refractivity contribution >= 4 is 34.1 Å². The van der Waals surface area contributed by atoms with Crippen LogP contribution in [-0.2, 0) is 13.0 Å². The van der Waals surface area contributed by atoms with Gasteiger partial charge in [0.15, 0.2) is 0 Å². The molecule has 0 atom stereocenters. The number of rotatable bonds is 2. The van der Waals surface area contributed by atoms with Gasteiger partial charge in [-0.1, -0.05) is 23.7 Å². The number of amides is 1. The van der Waals surface area contributed by atoms with Crippen LogP contribution in [0.25, 0.3) is 10.9 Å². The zero-order valence-electron chi connectivity index (χ0n) is 15.4. The van der Waals surface area contributed by atoms with Crippen molar-refractivity contribution in [3.8, 4) is 0 Å². The van der Waals surface area contributed by atoms with Crippen LogP contribution < -0.4 is 10.3 Å². The number of nitrogens with zero attached hydrogens (tertiary/aromatic N) is 3. The van der Waals surface area contributed by atoms with Crippen LogP contribution in [0.15, 0.2) is 53.5 Å². The van der Waals surface area contributed by atoms with Gasteiger partial charge in [0, 0.05) is 55.0 Å². The molecule has 5 rings (SSSR count). The lowest BCUT2D eigenvalue weighted by atomic mass is 10.1. The van der Waals surface area contributed by atoms with Crippen molar-refractivity contribution in [3.63, 3.8) is 0 Å². The molecule has 1 aromatic heterocycles. The van der Waals surface area contributed by atoms with Crippen LogP contribution >= 0.6 is 11.6 Å². The van der Waals surface area contributed by atoms with E-state index in [1.807, 2.05) is 36.4 Å². The van der Waals surface area contributed by atoms with Crippen LogP contribution in [-0.4, -0.2) is 41.6 Å². The number of pyridine rings is 1. The second-order valence-corrected chi connectivity index (χ2v) is 7.82. The minimum Gasteiger partial charge on any atom is -0.368 e. The standard InChI is InChI=1S/C22H20ClN3O2/c23-16-4-6-17(7-5-16)24-10-12-25(13-11-24)22(28)19-14-26-9-8-15-2-1-3-18(20(15)26)21(19)27/h1-7,14H,8-13H2. The van der Waals surface area contributed by atoms with Gasteiger partial charge in [-0.15, -0.1) is 0 Å². The van der Waals surface area contributed by atoms with E-state index in [1.54, 1.807) is 11.1 Å². The highest BCUT2D eigenvalue weighted by Crippen LogP contribution is 2.25. The summed E-state index contributed by atoms with van der Waals surface area (Å²) >= 11 is 5.96. The van der Waals surface area contributed by atoms with Gasteiger partial charge in [0.25, 0.3) is 5.91 Å². The molecular weight excluding hydrogens is 374 g/mol. The van der Waals surface area contributed by atoms with E-state index >= 15 is 0 Å². The molecule has 6 heteroatoms. The Morgan fingerprint density at radius 2 is 1.68 bits per heavy atom. The largest absolute Gasteiger partial charge is 0.368 e. The molecule has 0 unspecified atom stereocenters. The van der Waals surface area contributed by atoms with Crippen LogP contribution in [0.3, 0.4) is 0 Å². The van der Waals surface area contributed by atoms with Gasteiger partial charge < -0.3 is 14.4 Å². The third-order valence-electron chi connectivity index (χ3n) is 5.79. The van der Waals surface area contributed by atoms with Crippen molar-refractivity contribution in [3.05, 3.63) is 75.0 Å². The Morgan fingerprint density at radius 3 is 2.43 bits per heavy atom. The summed E-state index contributed by atoms with van der Waals surface area (Å²) in [5.41, 5.74) is 3.40. The van der Waals surface area contributed by atoms with E-state index in [1.165, 1.54) is 5.56 Å². The van der Waals surface area contributed by atoms with Gasteiger partial charge in [-0.05, 0) is 42.3 Å². The fourth-order valence-corrected chi connectivity index (χ4v) is 4.43. The average molecular weight is 394 g/mol. The highest BCUT2D eigenvalue weighted by molar-refractivity contribution is 6.30. The number of aryl methyl sites for hydroxylation is 2. The Kier molecular flexibility index (Phi) is 4.13. The second kappa shape index (κ2) is 6.67. The fourth-order valence-electron chi connectivity index (χ4n) is 4.30. The molecule has 0 saturated carbocycles. The zero-order valence-corrected chi connectivity index (χ0v) is 16.2. The predicted octanol–water partition coefficient (Wildman–Crippen LogP) is 3.17. The lowest BCUT2D eigenvalue weighted by Gasteiger charge is -2.36. The molecule has 142 valence electrons. The molecule has 2 aliphatic heterocycles. The molecule has 0 spiro atoms. The molecule has 3 heterocycles. The smallest absolute Gasteiger partial charge is 0.259 e. The number of para-hydroxylation sites is 1. The summed E-state index contributed by atoms with van der Waals surface area (Å²) in [6, 6.07) is 13.5. The number of hydrogen-bond donors (Lipinski definition) is 0. The molecule has 0 radical (unpaired) electrons. The summed E-state index contributed by atoms with van der Waals surface area (Å²) in [6.45, 7) is 3.48. The van der Waals surface area contributed by atoms with Gasteiger partial charge in [0.05, 0.1) is 5.52 Å². The Labute approximate surface area is 167 Å². The highest BCUT2D eigenvalue weighted by Gasteiger charge is 2.26. The highest BCUT2D eigenvalue weighted by atomic mass is 35.5. The number of aromatic nitrogens is 1. The molecule has 0 aliphatic carbocycles. The first-order chi connectivity index (χ1) is 13.6. The minimum atomic E-state index is -0.163. The number of anilines is 1. The summed E-state index contributed by atoms with van der Waals surface area (Å²) in [6.07, 6.45) is 2.67. The van der Waals surface area contributed by atoms with Crippen molar-refractivity contribution in [2.75, 3.05) is 31.1 Å². The lowest BCUT2D eigenvalue weighted by Crippen LogP contribution is -2.49. The number of carbonyl (C=O) groups is 1. The van der Waals surface area contributed by atoms with Crippen molar-refractivity contribution in [2.24, 2.45) is 0 Å². The monoisotopic (exact) mass is 393 g/mol. The molecule has 5 nitrogen and oxygen atoms in total. The van der Waals surface area contributed by atoms with Gasteiger partial charge in [-0.25, -0.2) is 0 Å². The number of halogens is 1. The first kappa shape index (κ1) is 17.3. The topological polar surface area (TPSA) is 45.6 Å². The van der Waals surface area contributed by atoms with E-state index in [0.717, 1.165) is 37.3 Å². The summed E-state index contributed by atoms with van der Waals surface area (Å²) in [5.74, 6) is -0.163. The van der Waals surface area contributed by atoms with Crippen LogP contribution in [0.5, 0.6) is 0 Å². The molecule has 3 aromatic rings. The Morgan fingerprint density at radius 1 is 0.929 bits per heavy atom. The molecule has 2 aromatic carbocycles. The van der Waals surface area contributed by atoms with Crippen molar-refractivity contribution in [2.45, 2.75) is 13.0 Å². The number of hydrogen-bond acceptors (Lipinski definition) is 3. The molecule has 0 N–H and O–H groups in total. The van der Waals surface area contributed by atoms with E-state index in [0.29, 0.717) is 23.5 Å². The SMILES string of the molecule is O=C(c1cn2c3c(cccc3c1=O)CC2)N1CCN(c2ccc(Cl)cc2)CC1. The molecule has 1 amide bonds. The Balaban J connectivity index is 1.39. The quantitative estimate of drug-likeness (QED) is 0.671. The molecule has 2 aliphatic rings. The number of carbonyl (C=O) groups excluding carboxylic acids is 1. The first-order valence-corrected chi connectivity index (χ1v) is 9.94. The Bertz CT molecular complexity index is 1130. The van der Waals surface area contributed by atoms with Crippen molar-refractivity contribution < 1.29 is 4.79 Å². The third-order valence-corrected chi connectivity index (χ3v) is 6.04.